The lowest BCUT2D eigenvalue weighted by Gasteiger charge is -2.32. The predicted octanol–water partition coefficient (Wildman–Crippen LogP) is 1.75. The highest BCUT2D eigenvalue weighted by Gasteiger charge is 2.27. The molecular formula is C14H17FN4. The van der Waals surface area contributed by atoms with Gasteiger partial charge in [-0.3, -0.25) is 0 Å². The molecule has 100 valence electrons. The van der Waals surface area contributed by atoms with Crippen LogP contribution in [0, 0.1) is 11.7 Å². The smallest absolute Gasteiger partial charge is 0.133 e. The van der Waals surface area contributed by atoms with E-state index in [1.165, 1.54) is 6.07 Å². The van der Waals surface area contributed by atoms with Crippen LogP contribution in [0.4, 0.5) is 4.39 Å². The van der Waals surface area contributed by atoms with Gasteiger partial charge >= 0.3 is 0 Å². The molecule has 3 rings (SSSR count). The minimum Gasteiger partial charge on any atom is -0.328 e. The maximum Gasteiger partial charge on any atom is 0.133 e. The molecule has 0 radical (unpaired) electrons. The van der Waals surface area contributed by atoms with E-state index >= 15 is 0 Å². The second-order valence-corrected chi connectivity index (χ2v) is 5.27. The Labute approximate surface area is 111 Å². The molecule has 1 aromatic carbocycles. The summed E-state index contributed by atoms with van der Waals surface area (Å²) in [4.78, 5) is 0. The molecule has 1 fully saturated rings. The fourth-order valence-electron chi connectivity index (χ4n) is 2.59. The molecular weight excluding hydrogens is 243 g/mol. The van der Waals surface area contributed by atoms with Gasteiger partial charge in [-0.2, -0.15) is 0 Å². The summed E-state index contributed by atoms with van der Waals surface area (Å²) in [7, 11) is 0. The number of nitrogens with two attached hydrogens (primary N) is 1. The van der Waals surface area contributed by atoms with Crippen LogP contribution >= 0.6 is 0 Å². The zero-order valence-electron chi connectivity index (χ0n) is 10.7. The summed E-state index contributed by atoms with van der Waals surface area (Å²) in [5.74, 6) is 1.33. The van der Waals surface area contributed by atoms with Gasteiger partial charge in [-0.1, -0.05) is 18.2 Å². The average molecular weight is 260 g/mol. The Kier molecular flexibility index (Phi) is 3.29. The van der Waals surface area contributed by atoms with Gasteiger partial charge < -0.3 is 10.3 Å². The van der Waals surface area contributed by atoms with Crippen molar-refractivity contribution in [3.05, 3.63) is 47.8 Å². The molecule has 0 bridgehead atoms. The van der Waals surface area contributed by atoms with Crippen LogP contribution in [0.3, 0.4) is 0 Å². The molecule has 1 aliphatic rings. The molecule has 0 unspecified atom stereocenters. The van der Waals surface area contributed by atoms with E-state index in [-0.39, 0.29) is 5.82 Å². The first-order chi connectivity index (χ1) is 9.22. The average Bonchev–Trinajstić information content (AvgIpc) is 2.78. The highest BCUT2D eigenvalue weighted by molar-refractivity contribution is 5.18. The summed E-state index contributed by atoms with van der Waals surface area (Å²) >= 11 is 0. The van der Waals surface area contributed by atoms with Crippen molar-refractivity contribution in [2.75, 3.05) is 0 Å². The minimum atomic E-state index is -0.187. The van der Waals surface area contributed by atoms with Gasteiger partial charge in [0.25, 0.3) is 0 Å². The lowest BCUT2D eigenvalue weighted by Crippen LogP contribution is -2.37. The molecule has 1 saturated carbocycles. The molecule has 1 aromatic heterocycles. The van der Waals surface area contributed by atoms with Crippen LogP contribution < -0.4 is 5.73 Å². The summed E-state index contributed by atoms with van der Waals surface area (Å²) in [6.07, 6.45) is 4.64. The Morgan fingerprint density at radius 3 is 2.84 bits per heavy atom. The second kappa shape index (κ2) is 5.09. The maximum atomic E-state index is 13.6. The molecule has 1 heterocycles. The molecule has 0 atom stereocenters. The van der Waals surface area contributed by atoms with Gasteiger partial charge in [-0.25, -0.2) is 4.39 Å². The Morgan fingerprint density at radius 2 is 2.11 bits per heavy atom. The summed E-state index contributed by atoms with van der Waals surface area (Å²) in [5, 5.41) is 8.08. The molecule has 2 N–H and O–H groups in total. The fraction of sp³-hybridized carbons (Fsp3) is 0.429. The standard InChI is InChI=1S/C14H17FN4/c15-13-4-2-1-3-11(13)8-19-9-17-18-14(19)7-10-5-12(16)6-10/h1-4,9-10,12H,5-8,16H2. The van der Waals surface area contributed by atoms with Crippen molar-refractivity contribution in [2.24, 2.45) is 11.7 Å². The highest BCUT2D eigenvalue weighted by atomic mass is 19.1. The summed E-state index contributed by atoms with van der Waals surface area (Å²) in [6.45, 7) is 0.480. The van der Waals surface area contributed by atoms with Crippen molar-refractivity contribution in [3.8, 4) is 0 Å². The zero-order valence-corrected chi connectivity index (χ0v) is 10.7. The third-order valence-corrected chi connectivity index (χ3v) is 3.74. The Hall–Kier alpha value is -1.75. The number of rotatable bonds is 4. The largest absolute Gasteiger partial charge is 0.328 e. The van der Waals surface area contributed by atoms with E-state index in [1.807, 2.05) is 10.6 Å². The van der Waals surface area contributed by atoms with Gasteiger partial charge in [0.15, 0.2) is 0 Å². The molecule has 0 aliphatic heterocycles. The van der Waals surface area contributed by atoms with Gasteiger partial charge in [0, 0.05) is 18.0 Å². The van der Waals surface area contributed by atoms with E-state index in [0.29, 0.717) is 24.1 Å². The molecule has 2 aromatic rings. The molecule has 5 heteroatoms. The van der Waals surface area contributed by atoms with E-state index in [0.717, 1.165) is 25.1 Å². The van der Waals surface area contributed by atoms with Gasteiger partial charge in [0.1, 0.15) is 18.0 Å². The van der Waals surface area contributed by atoms with Crippen LogP contribution in [0.2, 0.25) is 0 Å². The highest BCUT2D eigenvalue weighted by Crippen LogP contribution is 2.28. The van der Waals surface area contributed by atoms with Gasteiger partial charge in [0.05, 0.1) is 6.54 Å². The van der Waals surface area contributed by atoms with E-state index in [4.69, 9.17) is 5.73 Å². The second-order valence-electron chi connectivity index (χ2n) is 5.27. The molecule has 1 aliphatic carbocycles. The van der Waals surface area contributed by atoms with Crippen molar-refractivity contribution in [1.29, 1.82) is 0 Å². The Morgan fingerprint density at radius 1 is 1.32 bits per heavy atom. The van der Waals surface area contributed by atoms with Crippen LogP contribution in [0.1, 0.15) is 24.2 Å². The van der Waals surface area contributed by atoms with Crippen LogP contribution in [0.5, 0.6) is 0 Å². The SMILES string of the molecule is NC1CC(Cc2nncn2Cc2ccccc2F)C1. The lowest BCUT2D eigenvalue weighted by atomic mass is 9.78. The van der Waals surface area contributed by atoms with Gasteiger partial charge in [-0.15, -0.1) is 10.2 Å². The summed E-state index contributed by atoms with van der Waals surface area (Å²) in [6, 6.07) is 7.14. The van der Waals surface area contributed by atoms with E-state index in [1.54, 1.807) is 18.5 Å². The molecule has 0 spiro atoms. The third-order valence-electron chi connectivity index (χ3n) is 3.74. The third kappa shape index (κ3) is 2.66. The molecule has 0 saturated heterocycles. The predicted molar refractivity (Wildman–Crippen MR) is 69.9 cm³/mol. The Bertz CT molecular complexity index is 560. The summed E-state index contributed by atoms with van der Waals surface area (Å²) < 4.78 is 15.6. The number of nitrogens with zero attached hydrogens (tertiary/aromatic N) is 3. The molecule has 4 nitrogen and oxygen atoms in total. The number of aromatic nitrogens is 3. The Balaban J connectivity index is 1.72. The monoisotopic (exact) mass is 260 g/mol. The van der Waals surface area contributed by atoms with Crippen molar-refractivity contribution >= 4 is 0 Å². The quantitative estimate of drug-likeness (QED) is 0.911. The minimum absolute atomic E-state index is 0.187. The summed E-state index contributed by atoms with van der Waals surface area (Å²) in [5.41, 5.74) is 6.45. The van der Waals surface area contributed by atoms with Crippen molar-refractivity contribution in [2.45, 2.75) is 31.8 Å². The maximum absolute atomic E-state index is 13.6. The number of halogens is 1. The van der Waals surface area contributed by atoms with E-state index in [9.17, 15) is 4.39 Å². The molecule has 19 heavy (non-hydrogen) atoms. The van der Waals surface area contributed by atoms with Crippen molar-refractivity contribution in [1.82, 2.24) is 14.8 Å². The fourth-order valence-corrected chi connectivity index (χ4v) is 2.59. The first-order valence-electron chi connectivity index (χ1n) is 6.58. The van der Waals surface area contributed by atoms with Gasteiger partial charge in [0.2, 0.25) is 0 Å². The van der Waals surface area contributed by atoms with Crippen LogP contribution in [0.25, 0.3) is 0 Å². The first-order valence-corrected chi connectivity index (χ1v) is 6.58. The van der Waals surface area contributed by atoms with Crippen LogP contribution in [-0.4, -0.2) is 20.8 Å². The molecule has 0 amide bonds. The lowest BCUT2D eigenvalue weighted by molar-refractivity contribution is 0.258. The normalized spacial score (nSPS) is 22.2. The number of hydrogen-bond acceptors (Lipinski definition) is 3. The van der Waals surface area contributed by atoms with Crippen molar-refractivity contribution < 1.29 is 4.39 Å². The van der Waals surface area contributed by atoms with E-state index in [2.05, 4.69) is 10.2 Å². The van der Waals surface area contributed by atoms with Gasteiger partial charge in [-0.05, 0) is 24.8 Å². The number of benzene rings is 1. The van der Waals surface area contributed by atoms with E-state index < -0.39 is 0 Å². The number of hydrogen-bond donors (Lipinski definition) is 1. The zero-order chi connectivity index (χ0) is 13.2. The first kappa shape index (κ1) is 12.3. The van der Waals surface area contributed by atoms with Crippen LogP contribution in [0.15, 0.2) is 30.6 Å². The van der Waals surface area contributed by atoms with Crippen LogP contribution in [-0.2, 0) is 13.0 Å². The van der Waals surface area contributed by atoms with Crippen molar-refractivity contribution in [3.63, 3.8) is 0 Å². The topological polar surface area (TPSA) is 56.7 Å².